The lowest BCUT2D eigenvalue weighted by Crippen LogP contribution is -2.58. The van der Waals surface area contributed by atoms with Gasteiger partial charge in [-0.05, 0) is 86.5 Å². The third-order valence-corrected chi connectivity index (χ3v) is 13.1. The van der Waals surface area contributed by atoms with Crippen LogP contribution in [0.2, 0.25) is 0 Å². The van der Waals surface area contributed by atoms with Gasteiger partial charge < -0.3 is 25.0 Å². The van der Waals surface area contributed by atoms with E-state index in [2.05, 4.69) is 21.4 Å². The van der Waals surface area contributed by atoms with Gasteiger partial charge in [0, 0.05) is 19.4 Å². The Bertz CT molecular complexity index is 1950. The van der Waals surface area contributed by atoms with Crippen LogP contribution in [-0.4, -0.2) is 96.0 Å². The SMILES string of the molecule is CC(C)=CC(=O)CC[C@@H]1NC(=O)OCC(C)(C)CC/C=C/c2cccc3c2CN(C3)C(=O)O[C@@H]2C[C@@H](C(=O)N[C@]3(C(=O)NS(=O)(=O)C4CC4)CC3C)N(C2)C1=O. The third-order valence-electron chi connectivity index (χ3n) is 11.3. The Balaban J connectivity index is 1.29. The van der Waals surface area contributed by atoms with E-state index in [-0.39, 0.29) is 44.6 Å². The van der Waals surface area contributed by atoms with E-state index in [1.54, 1.807) is 25.7 Å². The van der Waals surface area contributed by atoms with E-state index in [1.165, 1.54) is 11.0 Å². The molecular weight excluding hydrogens is 743 g/mol. The largest absolute Gasteiger partial charge is 0.449 e. The monoisotopic (exact) mass is 795 g/mol. The molecule has 5 aliphatic rings. The van der Waals surface area contributed by atoms with Crippen LogP contribution >= 0.6 is 0 Å². The van der Waals surface area contributed by atoms with Gasteiger partial charge in [-0.3, -0.25) is 28.8 Å². The van der Waals surface area contributed by atoms with Crippen LogP contribution in [0.4, 0.5) is 9.59 Å². The topological polar surface area (TPSA) is 198 Å². The van der Waals surface area contributed by atoms with Crippen molar-refractivity contribution in [3.05, 3.63) is 52.6 Å². The molecule has 4 bridgehead atoms. The van der Waals surface area contributed by atoms with E-state index in [0.29, 0.717) is 38.8 Å². The van der Waals surface area contributed by atoms with Gasteiger partial charge in [-0.25, -0.2) is 18.0 Å². The molecule has 0 aromatic heterocycles. The number of carbonyl (C=O) groups is 6. The Morgan fingerprint density at radius 2 is 1.82 bits per heavy atom. The van der Waals surface area contributed by atoms with Crippen LogP contribution in [0.3, 0.4) is 0 Å². The fraction of sp³-hybridized carbons (Fsp3) is 0.600. The molecule has 2 aliphatic carbocycles. The standard InChI is InChI=1S/C40H53N5O10S/c1-24(2)17-28(46)12-15-32-35(48)45-21-29(18-33(45)34(47)42-40(19-25(40)3)36(49)43-56(52,53)30-13-14-30)55-38(51)44-20-27-11-8-10-26(31(27)22-44)9-6-7-16-39(4,5)23-54-37(50)41-32/h6,8-11,17,25,29-30,32-33H,7,12-16,18-23H2,1-5H3,(H,41,50)(H,42,47)(H,43,49)/b9-6+/t25?,29-,32+,33+,40-/m1/s1. The van der Waals surface area contributed by atoms with E-state index in [9.17, 15) is 37.2 Å². The first kappa shape index (κ1) is 40.9. The van der Waals surface area contributed by atoms with Crippen molar-refractivity contribution in [2.45, 2.75) is 128 Å². The van der Waals surface area contributed by atoms with Crippen LogP contribution in [0.1, 0.15) is 103 Å². The molecule has 3 heterocycles. The number of fused-ring (bicyclic) bond motifs is 3. The average Bonchev–Trinajstić information content (AvgIpc) is 3.99. The molecule has 304 valence electrons. The summed E-state index contributed by atoms with van der Waals surface area (Å²) in [5.41, 5.74) is 1.76. The molecule has 56 heavy (non-hydrogen) atoms. The highest BCUT2D eigenvalue weighted by atomic mass is 32.2. The number of carbonyl (C=O) groups excluding carboxylic acids is 6. The number of hydrogen-bond acceptors (Lipinski definition) is 10. The predicted octanol–water partition coefficient (Wildman–Crippen LogP) is 3.86. The summed E-state index contributed by atoms with van der Waals surface area (Å²) in [6, 6.07) is 3.30. The van der Waals surface area contributed by atoms with E-state index < -0.39 is 80.2 Å². The van der Waals surface area contributed by atoms with Crippen LogP contribution in [0.5, 0.6) is 0 Å². The van der Waals surface area contributed by atoms with E-state index in [0.717, 1.165) is 22.3 Å². The van der Waals surface area contributed by atoms with Gasteiger partial charge >= 0.3 is 12.2 Å². The summed E-state index contributed by atoms with van der Waals surface area (Å²) in [4.78, 5) is 84.6. The van der Waals surface area contributed by atoms with E-state index >= 15 is 0 Å². The first-order valence-electron chi connectivity index (χ1n) is 19.4. The summed E-state index contributed by atoms with van der Waals surface area (Å²) < 4.78 is 39.0. The molecular formula is C40H53N5O10S. The maximum atomic E-state index is 14.5. The van der Waals surface area contributed by atoms with Crippen molar-refractivity contribution in [1.82, 2.24) is 25.2 Å². The summed E-state index contributed by atoms with van der Waals surface area (Å²) >= 11 is 0. The Labute approximate surface area is 328 Å². The molecule has 1 aromatic rings. The zero-order valence-corrected chi connectivity index (χ0v) is 33.5. The molecule has 6 rings (SSSR count). The fourth-order valence-corrected chi connectivity index (χ4v) is 8.99. The molecule has 3 fully saturated rings. The maximum absolute atomic E-state index is 14.5. The quantitative estimate of drug-likeness (QED) is 0.309. The number of nitrogens with zero attached hydrogens (tertiary/aromatic N) is 2. The van der Waals surface area contributed by atoms with Gasteiger partial charge in [-0.15, -0.1) is 0 Å². The minimum absolute atomic E-state index is 0.0472. The highest BCUT2D eigenvalue weighted by molar-refractivity contribution is 7.91. The molecule has 1 saturated heterocycles. The van der Waals surface area contributed by atoms with Gasteiger partial charge in [0.25, 0.3) is 5.91 Å². The molecule has 2 saturated carbocycles. The maximum Gasteiger partial charge on any atom is 0.410 e. The number of ketones is 1. The van der Waals surface area contributed by atoms with Gasteiger partial charge in [-0.1, -0.05) is 56.7 Å². The van der Waals surface area contributed by atoms with Gasteiger partial charge in [0.1, 0.15) is 23.7 Å². The summed E-state index contributed by atoms with van der Waals surface area (Å²) in [7, 11) is -3.91. The molecule has 0 spiro atoms. The zero-order valence-electron chi connectivity index (χ0n) is 32.7. The van der Waals surface area contributed by atoms with Crippen molar-refractivity contribution in [3.63, 3.8) is 0 Å². The number of benzene rings is 1. The van der Waals surface area contributed by atoms with Gasteiger partial charge in [0.2, 0.25) is 21.8 Å². The molecule has 3 N–H and O–H groups in total. The summed E-state index contributed by atoms with van der Waals surface area (Å²) in [6.45, 7) is 9.61. The number of ether oxygens (including phenoxy) is 2. The molecule has 1 aromatic carbocycles. The van der Waals surface area contributed by atoms with E-state index in [4.69, 9.17) is 9.47 Å². The van der Waals surface area contributed by atoms with Crippen molar-refractivity contribution in [2.24, 2.45) is 11.3 Å². The lowest BCUT2D eigenvalue weighted by molar-refractivity contribution is -0.141. The zero-order chi connectivity index (χ0) is 40.6. The second-order valence-electron chi connectivity index (χ2n) is 16.9. The lowest BCUT2D eigenvalue weighted by atomic mass is 9.88. The van der Waals surface area contributed by atoms with Gasteiger partial charge in [0.15, 0.2) is 5.78 Å². The summed E-state index contributed by atoms with van der Waals surface area (Å²) in [5, 5.41) is 4.71. The minimum Gasteiger partial charge on any atom is -0.449 e. The van der Waals surface area contributed by atoms with Crippen LogP contribution in [0, 0.1) is 11.3 Å². The Kier molecular flexibility index (Phi) is 11.7. The third kappa shape index (κ3) is 9.44. The number of nitrogens with one attached hydrogen (secondary N) is 3. The number of rotatable bonds is 9. The molecule has 15 nitrogen and oxygen atoms in total. The molecule has 0 radical (unpaired) electrons. The van der Waals surface area contributed by atoms with Crippen molar-refractivity contribution in [3.8, 4) is 0 Å². The molecule has 5 amide bonds. The fourth-order valence-electron chi connectivity index (χ4n) is 7.62. The van der Waals surface area contributed by atoms with Crippen molar-refractivity contribution in [2.75, 3.05) is 13.2 Å². The highest BCUT2D eigenvalue weighted by Crippen LogP contribution is 2.44. The minimum atomic E-state index is -3.91. The van der Waals surface area contributed by atoms with Crippen molar-refractivity contribution < 1.29 is 46.7 Å². The average molecular weight is 796 g/mol. The number of cyclic esters (lactones) is 1. The second-order valence-corrected chi connectivity index (χ2v) is 18.9. The van der Waals surface area contributed by atoms with Crippen molar-refractivity contribution in [1.29, 1.82) is 0 Å². The molecule has 16 heteroatoms. The van der Waals surface area contributed by atoms with Gasteiger partial charge in [-0.2, -0.15) is 0 Å². The molecule has 5 atom stereocenters. The van der Waals surface area contributed by atoms with E-state index in [1.807, 2.05) is 38.1 Å². The first-order valence-corrected chi connectivity index (χ1v) is 20.9. The number of alkyl carbamates (subject to hydrolysis) is 1. The van der Waals surface area contributed by atoms with Crippen LogP contribution in [0.15, 0.2) is 35.9 Å². The summed E-state index contributed by atoms with van der Waals surface area (Å²) in [6.07, 6.45) is 5.15. The smallest absolute Gasteiger partial charge is 0.410 e. The first-order chi connectivity index (χ1) is 26.4. The van der Waals surface area contributed by atoms with Crippen LogP contribution in [0.25, 0.3) is 6.08 Å². The van der Waals surface area contributed by atoms with Crippen molar-refractivity contribution >= 4 is 51.8 Å². The molecule has 1 unspecified atom stereocenters. The number of hydrogen-bond donors (Lipinski definition) is 3. The highest BCUT2D eigenvalue weighted by Gasteiger charge is 2.61. The second kappa shape index (κ2) is 16.0. The van der Waals surface area contributed by atoms with Crippen LogP contribution < -0.4 is 15.4 Å². The van der Waals surface area contributed by atoms with Gasteiger partial charge in [0.05, 0.1) is 24.9 Å². The lowest BCUT2D eigenvalue weighted by Gasteiger charge is -2.30. The van der Waals surface area contributed by atoms with Crippen LogP contribution in [-0.2, 0) is 51.8 Å². The Hall–Kier alpha value is -4.73. The number of allylic oxidation sites excluding steroid dienone is 3. The Morgan fingerprint density at radius 3 is 2.50 bits per heavy atom. The Morgan fingerprint density at radius 1 is 1.09 bits per heavy atom. The number of amides is 5. The molecule has 3 aliphatic heterocycles. The summed E-state index contributed by atoms with van der Waals surface area (Å²) in [5.74, 6) is -2.96. The predicted molar refractivity (Wildman–Crippen MR) is 205 cm³/mol. The normalized spacial score (nSPS) is 28.3. The number of sulfonamides is 1.